The number of rotatable bonds is 3. The molecule has 2 aliphatic heterocycles. The normalized spacial score (nSPS) is 38.4. The minimum absolute atomic E-state index is 0.186. The summed E-state index contributed by atoms with van der Waals surface area (Å²) in [7, 11) is -0.630. The van der Waals surface area contributed by atoms with Crippen LogP contribution in [0, 0.1) is 5.92 Å². The molecule has 0 saturated carbocycles. The van der Waals surface area contributed by atoms with E-state index >= 15 is 0 Å². The summed E-state index contributed by atoms with van der Waals surface area (Å²) in [6, 6.07) is 0. The summed E-state index contributed by atoms with van der Waals surface area (Å²) in [5.41, 5.74) is -0.186. The number of nitrogens with one attached hydrogen (secondary N) is 1. The Bertz CT molecular complexity index is 369. The molecule has 100 valence electrons. The van der Waals surface area contributed by atoms with Gasteiger partial charge >= 0.3 is 0 Å². The van der Waals surface area contributed by atoms with Gasteiger partial charge in [0.25, 0.3) is 0 Å². The first-order valence-corrected chi connectivity index (χ1v) is 8.35. The highest BCUT2D eigenvalue weighted by molar-refractivity contribution is 7.91. The zero-order valence-electron chi connectivity index (χ0n) is 10.9. The molecule has 0 radical (unpaired) electrons. The molecule has 4 nitrogen and oxygen atoms in total. The molecular formula is C12H24N2O2S. The van der Waals surface area contributed by atoms with Crippen LogP contribution in [0.2, 0.25) is 0 Å². The van der Waals surface area contributed by atoms with Crippen LogP contribution in [0.4, 0.5) is 0 Å². The Morgan fingerprint density at radius 1 is 1.47 bits per heavy atom. The van der Waals surface area contributed by atoms with Gasteiger partial charge in [-0.15, -0.1) is 0 Å². The number of hydrogen-bond acceptors (Lipinski definition) is 4. The van der Waals surface area contributed by atoms with Crippen molar-refractivity contribution in [2.24, 2.45) is 5.92 Å². The molecule has 2 unspecified atom stereocenters. The first kappa shape index (κ1) is 13.3. The van der Waals surface area contributed by atoms with Gasteiger partial charge in [0.1, 0.15) is 0 Å². The van der Waals surface area contributed by atoms with Gasteiger partial charge in [0.15, 0.2) is 9.84 Å². The Kier molecular flexibility index (Phi) is 3.80. The van der Waals surface area contributed by atoms with Crippen molar-refractivity contribution in [3.05, 3.63) is 0 Å². The van der Waals surface area contributed by atoms with Crippen LogP contribution in [0.15, 0.2) is 0 Å². The largest absolute Gasteiger partial charge is 0.310 e. The van der Waals surface area contributed by atoms with Crippen LogP contribution < -0.4 is 5.32 Å². The molecule has 0 spiro atoms. The van der Waals surface area contributed by atoms with Gasteiger partial charge in [0.2, 0.25) is 0 Å². The molecule has 2 aliphatic rings. The van der Waals surface area contributed by atoms with Crippen molar-refractivity contribution in [2.75, 3.05) is 38.2 Å². The van der Waals surface area contributed by atoms with Crippen LogP contribution in [-0.4, -0.2) is 57.0 Å². The molecule has 0 aromatic heterocycles. The van der Waals surface area contributed by atoms with E-state index in [0.29, 0.717) is 17.4 Å². The average molecular weight is 260 g/mol. The van der Waals surface area contributed by atoms with E-state index < -0.39 is 9.84 Å². The molecule has 17 heavy (non-hydrogen) atoms. The Labute approximate surface area is 105 Å². The first-order chi connectivity index (χ1) is 7.89. The van der Waals surface area contributed by atoms with E-state index in [1.54, 1.807) is 0 Å². The second-order valence-corrected chi connectivity index (χ2v) is 8.24. The van der Waals surface area contributed by atoms with Gasteiger partial charge in [-0.1, -0.05) is 0 Å². The van der Waals surface area contributed by atoms with Crippen LogP contribution in [0.25, 0.3) is 0 Å². The summed E-state index contributed by atoms with van der Waals surface area (Å²) in [6.45, 7) is 5.33. The molecule has 2 atom stereocenters. The molecule has 1 N–H and O–H groups in total. The monoisotopic (exact) mass is 260 g/mol. The Hall–Kier alpha value is -0.130. The number of likely N-dealkylation sites (tertiary alicyclic amines) is 1. The predicted molar refractivity (Wildman–Crippen MR) is 69.9 cm³/mol. The summed E-state index contributed by atoms with van der Waals surface area (Å²) in [5, 5.41) is 3.50. The second kappa shape index (κ2) is 4.86. The van der Waals surface area contributed by atoms with Crippen LogP contribution in [0.1, 0.15) is 26.2 Å². The molecule has 2 heterocycles. The zero-order valence-corrected chi connectivity index (χ0v) is 11.7. The molecular weight excluding hydrogens is 236 g/mol. The van der Waals surface area contributed by atoms with Gasteiger partial charge in [-0.25, -0.2) is 8.42 Å². The lowest BCUT2D eigenvalue weighted by Gasteiger charge is -2.33. The van der Waals surface area contributed by atoms with Crippen LogP contribution in [0.5, 0.6) is 0 Å². The van der Waals surface area contributed by atoms with Crippen molar-refractivity contribution in [1.29, 1.82) is 0 Å². The third-order valence-corrected chi connectivity index (χ3v) is 5.95. The van der Waals surface area contributed by atoms with E-state index in [0.717, 1.165) is 19.5 Å². The van der Waals surface area contributed by atoms with Gasteiger partial charge in [-0.2, -0.15) is 0 Å². The van der Waals surface area contributed by atoms with E-state index in [9.17, 15) is 8.42 Å². The molecule has 0 aromatic carbocycles. The van der Waals surface area contributed by atoms with Gasteiger partial charge in [0.05, 0.1) is 11.5 Å². The van der Waals surface area contributed by atoms with E-state index in [1.807, 2.05) is 6.92 Å². The van der Waals surface area contributed by atoms with Gasteiger partial charge < -0.3 is 10.2 Å². The van der Waals surface area contributed by atoms with E-state index in [-0.39, 0.29) is 5.54 Å². The van der Waals surface area contributed by atoms with Crippen molar-refractivity contribution in [1.82, 2.24) is 10.2 Å². The maximum absolute atomic E-state index is 11.5. The van der Waals surface area contributed by atoms with Crippen molar-refractivity contribution >= 4 is 9.84 Å². The number of hydrogen-bond donors (Lipinski definition) is 1. The molecule has 0 bridgehead atoms. The van der Waals surface area contributed by atoms with E-state index in [2.05, 4.69) is 17.3 Å². The molecule has 2 saturated heterocycles. The van der Waals surface area contributed by atoms with Crippen molar-refractivity contribution in [3.63, 3.8) is 0 Å². The SMILES string of the molecule is CN1CCCC(CNC2(C)CCS(=O)(=O)C2)C1. The zero-order chi connectivity index (χ0) is 12.5. The highest BCUT2D eigenvalue weighted by Gasteiger charge is 2.38. The highest BCUT2D eigenvalue weighted by atomic mass is 32.2. The molecule has 2 fully saturated rings. The topological polar surface area (TPSA) is 49.4 Å². The minimum Gasteiger partial charge on any atom is -0.310 e. The Morgan fingerprint density at radius 2 is 2.24 bits per heavy atom. The predicted octanol–water partition coefficient (Wildman–Crippen LogP) is 0.495. The molecule has 0 aliphatic carbocycles. The lowest BCUT2D eigenvalue weighted by molar-refractivity contribution is 0.196. The van der Waals surface area contributed by atoms with Crippen molar-refractivity contribution in [2.45, 2.75) is 31.7 Å². The summed E-state index contributed by atoms with van der Waals surface area (Å²) in [5.74, 6) is 1.33. The molecule has 0 aromatic rings. The standard InChI is InChI=1S/C12H24N2O2S/c1-12(5-7-17(15,16)10-12)13-8-11-4-3-6-14(2)9-11/h11,13H,3-10H2,1-2H3. The number of piperidine rings is 1. The van der Waals surface area contributed by atoms with Crippen molar-refractivity contribution < 1.29 is 8.42 Å². The maximum atomic E-state index is 11.5. The Morgan fingerprint density at radius 3 is 2.82 bits per heavy atom. The van der Waals surface area contributed by atoms with Gasteiger partial charge in [-0.3, -0.25) is 0 Å². The number of nitrogens with zero attached hydrogens (tertiary/aromatic N) is 1. The van der Waals surface area contributed by atoms with E-state index in [1.165, 1.54) is 19.4 Å². The fraction of sp³-hybridized carbons (Fsp3) is 1.00. The van der Waals surface area contributed by atoms with Crippen LogP contribution in [0.3, 0.4) is 0 Å². The maximum Gasteiger partial charge on any atom is 0.152 e. The molecule has 5 heteroatoms. The third kappa shape index (κ3) is 3.66. The van der Waals surface area contributed by atoms with Crippen LogP contribution in [-0.2, 0) is 9.84 Å². The first-order valence-electron chi connectivity index (χ1n) is 6.53. The lowest BCUT2D eigenvalue weighted by Crippen LogP contribution is -2.48. The fourth-order valence-corrected chi connectivity index (χ4v) is 5.10. The number of sulfone groups is 1. The Balaban J connectivity index is 1.82. The van der Waals surface area contributed by atoms with Gasteiger partial charge in [-0.05, 0) is 52.2 Å². The van der Waals surface area contributed by atoms with E-state index in [4.69, 9.17) is 0 Å². The average Bonchev–Trinajstić information content (AvgIpc) is 2.51. The third-order valence-electron chi connectivity index (χ3n) is 4.04. The summed E-state index contributed by atoms with van der Waals surface area (Å²) in [6.07, 6.45) is 3.29. The second-order valence-electron chi connectivity index (χ2n) is 6.05. The quantitative estimate of drug-likeness (QED) is 0.802. The van der Waals surface area contributed by atoms with Gasteiger partial charge in [0, 0.05) is 12.1 Å². The fourth-order valence-electron chi connectivity index (χ4n) is 2.98. The lowest BCUT2D eigenvalue weighted by atomic mass is 9.95. The highest BCUT2D eigenvalue weighted by Crippen LogP contribution is 2.24. The van der Waals surface area contributed by atoms with Crippen molar-refractivity contribution in [3.8, 4) is 0 Å². The smallest absolute Gasteiger partial charge is 0.152 e. The summed E-state index contributed by atoms with van der Waals surface area (Å²) < 4.78 is 23.0. The summed E-state index contributed by atoms with van der Waals surface area (Å²) >= 11 is 0. The van der Waals surface area contributed by atoms with Crippen LogP contribution >= 0.6 is 0 Å². The molecule has 2 rings (SSSR count). The minimum atomic E-state index is -2.79. The summed E-state index contributed by atoms with van der Waals surface area (Å²) in [4.78, 5) is 2.36. The molecule has 0 amide bonds.